The van der Waals surface area contributed by atoms with E-state index in [1.165, 1.54) is 18.0 Å². The molecule has 1 aromatic rings. The zero-order valence-electron chi connectivity index (χ0n) is 15.1. The van der Waals surface area contributed by atoms with Gasteiger partial charge in [0.25, 0.3) is 0 Å². The third kappa shape index (κ3) is 6.05. The Labute approximate surface area is 151 Å². The number of aliphatic imine (C=N–C) groups is 1. The third-order valence-corrected chi connectivity index (χ3v) is 4.21. The number of para-hydroxylation sites is 1. The minimum Gasteiger partial charge on any atom is -0.366 e. The molecule has 1 aliphatic heterocycles. The molecule has 1 N–H and O–H groups in total. The first-order valence-electron chi connectivity index (χ1n) is 8.50. The molecule has 1 fully saturated rings. The monoisotopic (exact) mass is 375 g/mol. The molecule has 0 aromatic heterocycles. The normalized spacial score (nSPS) is 16.3. The van der Waals surface area contributed by atoms with Crippen molar-refractivity contribution < 1.29 is 17.6 Å². The molecule has 26 heavy (non-hydrogen) atoms. The van der Waals surface area contributed by atoms with Crippen LogP contribution in [0.15, 0.2) is 29.3 Å². The summed E-state index contributed by atoms with van der Waals surface area (Å²) < 4.78 is 50.9. The van der Waals surface area contributed by atoms with E-state index in [0.29, 0.717) is 44.4 Å². The number of piperazine rings is 1. The summed E-state index contributed by atoms with van der Waals surface area (Å²) in [6, 6.07) is 6.67. The Bertz CT molecular complexity index is 597. The molecule has 0 saturated carbocycles. The molecular formula is C17H25F4N5. The summed E-state index contributed by atoms with van der Waals surface area (Å²) in [5.74, 6) is 0.412. The minimum absolute atomic E-state index is 0.240. The second kappa shape index (κ2) is 9.07. The Balaban J connectivity index is 1.79. The molecule has 1 saturated heterocycles. The molecule has 0 amide bonds. The SMILES string of the molecule is CN=C(NCCN(C)CC(F)(F)F)N1CCN(c2ccccc2F)CC1. The second-order valence-electron chi connectivity index (χ2n) is 6.25. The van der Waals surface area contributed by atoms with E-state index < -0.39 is 12.7 Å². The van der Waals surface area contributed by atoms with E-state index in [2.05, 4.69) is 10.3 Å². The van der Waals surface area contributed by atoms with Crippen molar-refractivity contribution in [1.29, 1.82) is 0 Å². The van der Waals surface area contributed by atoms with Crippen LogP contribution in [0.3, 0.4) is 0 Å². The van der Waals surface area contributed by atoms with Gasteiger partial charge >= 0.3 is 6.18 Å². The van der Waals surface area contributed by atoms with Crippen molar-refractivity contribution in [1.82, 2.24) is 15.1 Å². The van der Waals surface area contributed by atoms with Crippen LogP contribution >= 0.6 is 0 Å². The summed E-state index contributed by atoms with van der Waals surface area (Å²) >= 11 is 0. The maximum atomic E-state index is 13.9. The van der Waals surface area contributed by atoms with Crippen LogP contribution in [0.4, 0.5) is 23.2 Å². The van der Waals surface area contributed by atoms with Gasteiger partial charge in [-0.1, -0.05) is 12.1 Å². The van der Waals surface area contributed by atoms with Crippen LogP contribution in [0, 0.1) is 5.82 Å². The Morgan fingerprint density at radius 3 is 2.42 bits per heavy atom. The molecule has 0 bridgehead atoms. The van der Waals surface area contributed by atoms with Crippen molar-refractivity contribution in [2.75, 3.05) is 64.8 Å². The molecule has 1 aromatic carbocycles. The van der Waals surface area contributed by atoms with Gasteiger partial charge in [0.05, 0.1) is 12.2 Å². The topological polar surface area (TPSA) is 34.1 Å². The average Bonchev–Trinajstić information content (AvgIpc) is 2.58. The fourth-order valence-corrected chi connectivity index (χ4v) is 2.94. The fraction of sp³-hybridized carbons (Fsp3) is 0.588. The van der Waals surface area contributed by atoms with Crippen molar-refractivity contribution in [3.8, 4) is 0 Å². The zero-order valence-corrected chi connectivity index (χ0v) is 15.1. The summed E-state index contributed by atoms with van der Waals surface area (Å²) in [5, 5.41) is 3.10. The number of hydrogen-bond acceptors (Lipinski definition) is 3. The van der Waals surface area contributed by atoms with Gasteiger partial charge in [-0.15, -0.1) is 0 Å². The standard InChI is InChI=1S/C17H25F4N5/c1-22-16(23-7-8-24(2)13-17(19,20)21)26-11-9-25(10-12-26)15-6-4-3-5-14(15)18/h3-6H,7-13H2,1-2H3,(H,22,23). The number of nitrogens with one attached hydrogen (secondary N) is 1. The highest BCUT2D eigenvalue weighted by molar-refractivity contribution is 5.80. The van der Waals surface area contributed by atoms with Gasteiger partial charge in [0.2, 0.25) is 0 Å². The highest BCUT2D eigenvalue weighted by Crippen LogP contribution is 2.20. The summed E-state index contributed by atoms with van der Waals surface area (Å²) in [7, 11) is 3.08. The smallest absolute Gasteiger partial charge is 0.366 e. The fourth-order valence-electron chi connectivity index (χ4n) is 2.94. The van der Waals surface area contributed by atoms with Gasteiger partial charge in [-0.3, -0.25) is 9.89 Å². The van der Waals surface area contributed by atoms with Gasteiger partial charge in [-0.2, -0.15) is 13.2 Å². The van der Waals surface area contributed by atoms with Gasteiger partial charge < -0.3 is 15.1 Å². The number of alkyl halides is 3. The van der Waals surface area contributed by atoms with Crippen molar-refractivity contribution in [3.05, 3.63) is 30.1 Å². The Morgan fingerprint density at radius 2 is 1.85 bits per heavy atom. The molecule has 1 heterocycles. The van der Waals surface area contributed by atoms with Crippen molar-refractivity contribution in [2.45, 2.75) is 6.18 Å². The van der Waals surface area contributed by atoms with Crippen LogP contribution in [0.5, 0.6) is 0 Å². The lowest BCUT2D eigenvalue weighted by molar-refractivity contribution is -0.142. The number of rotatable bonds is 5. The van der Waals surface area contributed by atoms with E-state index in [0.717, 1.165) is 0 Å². The van der Waals surface area contributed by atoms with Gasteiger partial charge in [0, 0.05) is 46.3 Å². The van der Waals surface area contributed by atoms with Gasteiger partial charge in [0.1, 0.15) is 5.82 Å². The molecule has 146 valence electrons. The maximum Gasteiger partial charge on any atom is 0.401 e. The van der Waals surface area contributed by atoms with Crippen LogP contribution in [0.1, 0.15) is 0 Å². The summed E-state index contributed by atoms with van der Waals surface area (Å²) in [4.78, 5) is 9.43. The number of halogens is 4. The first kappa shape index (κ1) is 20.3. The number of nitrogens with zero attached hydrogens (tertiary/aromatic N) is 4. The molecule has 2 rings (SSSR count). The molecule has 0 atom stereocenters. The van der Waals surface area contributed by atoms with Gasteiger partial charge in [0.15, 0.2) is 5.96 Å². The van der Waals surface area contributed by atoms with Crippen LogP contribution in [0.25, 0.3) is 0 Å². The minimum atomic E-state index is -4.19. The summed E-state index contributed by atoms with van der Waals surface area (Å²) in [5.41, 5.74) is 0.587. The van der Waals surface area contributed by atoms with Gasteiger partial charge in [-0.05, 0) is 19.2 Å². The number of benzene rings is 1. The van der Waals surface area contributed by atoms with E-state index in [1.54, 1.807) is 19.2 Å². The Hall–Kier alpha value is -2.03. The predicted molar refractivity (Wildman–Crippen MR) is 95.1 cm³/mol. The predicted octanol–water partition coefficient (Wildman–Crippen LogP) is 2.02. The number of anilines is 1. The maximum absolute atomic E-state index is 13.9. The Kier molecular flexibility index (Phi) is 7.07. The van der Waals surface area contributed by atoms with Crippen LogP contribution in [-0.2, 0) is 0 Å². The highest BCUT2D eigenvalue weighted by atomic mass is 19.4. The van der Waals surface area contributed by atoms with Crippen LogP contribution in [-0.4, -0.2) is 81.8 Å². The summed E-state index contributed by atoms with van der Waals surface area (Å²) in [6.07, 6.45) is -4.19. The third-order valence-electron chi connectivity index (χ3n) is 4.21. The molecule has 0 unspecified atom stereocenters. The van der Waals surface area contributed by atoms with E-state index in [9.17, 15) is 17.6 Å². The van der Waals surface area contributed by atoms with E-state index in [4.69, 9.17) is 0 Å². The van der Waals surface area contributed by atoms with Gasteiger partial charge in [-0.25, -0.2) is 4.39 Å². The lowest BCUT2D eigenvalue weighted by Gasteiger charge is -2.37. The average molecular weight is 375 g/mol. The van der Waals surface area contributed by atoms with Crippen molar-refractivity contribution >= 4 is 11.6 Å². The molecule has 0 radical (unpaired) electrons. The summed E-state index contributed by atoms with van der Waals surface area (Å²) in [6.45, 7) is 2.30. The first-order chi connectivity index (χ1) is 12.3. The largest absolute Gasteiger partial charge is 0.401 e. The van der Waals surface area contributed by atoms with Crippen LogP contribution in [0.2, 0.25) is 0 Å². The van der Waals surface area contributed by atoms with Crippen molar-refractivity contribution in [2.24, 2.45) is 4.99 Å². The molecule has 0 aliphatic carbocycles. The van der Waals surface area contributed by atoms with E-state index in [1.807, 2.05) is 15.9 Å². The molecule has 0 spiro atoms. The first-order valence-corrected chi connectivity index (χ1v) is 8.50. The molecule has 1 aliphatic rings. The van der Waals surface area contributed by atoms with E-state index >= 15 is 0 Å². The lowest BCUT2D eigenvalue weighted by Crippen LogP contribution is -2.53. The molecule has 9 heteroatoms. The number of guanidine groups is 1. The number of hydrogen-bond donors (Lipinski definition) is 1. The second-order valence-corrected chi connectivity index (χ2v) is 6.25. The van der Waals surface area contributed by atoms with Crippen molar-refractivity contribution in [3.63, 3.8) is 0 Å². The zero-order chi connectivity index (χ0) is 19.2. The Morgan fingerprint density at radius 1 is 1.19 bits per heavy atom. The number of likely N-dealkylation sites (N-methyl/N-ethyl adjacent to an activating group) is 1. The van der Waals surface area contributed by atoms with Crippen LogP contribution < -0.4 is 10.2 Å². The van der Waals surface area contributed by atoms with E-state index in [-0.39, 0.29) is 12.4 Å². The quantitative estimate of drug-likeness (QED) is 0.485. The lowest BCUT2D eigenvalue weighted by atomic mass is 10.2. The molecular weight excluding hydrogens is 350 g/mol. The highest BCUT2D eigenvalue weighted by Gasteiger charge is 2.29. The molecule has 5 nitrogen and oxygen atoms in total.